The molecule has 1 aliphatic heterocycles. The first kappa shape index (κ1) is 20.5. The maximum atomic E-state index is 12.3. The van der Waals surface area contributed by atoms with Crippen LogP contribution in [0.15, 0.2) is 53.4 Å². The van der Waals surface area contributed by atoms with Crippen LogP contribution in [0, 0.1) is 0 Å². The van der Waals surface area contributed by atoms with Crippen molar-refractivity contribution < 1.29 is 14.1 Å². The fourth-order valence-electron chi connectivity index (χ4n) is 3.56. The van der Waals surface area contributed by atoms with E-state index in [1.54, 1.807) is 42.7 Å². The van der Waals surface area contributed by atoms with Crippen LogP contribution in [-0.2, 0) is 4.79 Å². The number of nitrogens with zero attached hydrogens (tertiary/aromatic N) is 7. The molecule has 1 amide bonds. The number of hydrogen-bond acceptors (Lipinski definition) is 10. The molecule has 5 rings (SSSR count). The predicted octanol–water partition coefficient (Wildman–Crippen LogP) is 2.68. The van der Waals surface area contributed by atoms with Gasteiger partial charge >= 0.3 is 6.01 Å². The lowest BCUT2D eigenvalue weighted by atomic mass is 10.0. The number of methoxy groups -OCH3 is 1. The Balaban J connectivity index is 1.37. The van der Waals surface area contributed by atoms with Gasteiger partial charge in [-0.1, -0.05) is 11.2 Å². The summed E-state index contributed by atoms with van der Waals surface area (Å²) in [5, 5.41) is 7.20. The molecule has 11 heteroatoms. The van der Waals surface area contributed by atoms with Gasteiger partial charge in [0.2, 0.25) is 11.9 Å². The number of carbonyl (C=O) groups is 1. The van der Waals surface area contributed by atoms with Crippen molar-refractivity contribution in [1.29, 1.82) is 0 Å². The van der Waals surface area contributed by atoms with Gasteiger partial charge in [0, 0.05) is 25.9 Å². The quantitative estimate of drug-likeness (QED) is 0.473. The van der Waals surface area contributed by atoms with Crippen LogP contribution >= 0.6 is 0 Å². The van der Waals surface area contributed by atoms with E-state index in [4.69, 9.17) is 9.26 Å². The smallest absolute Gasteiger partial charge is 0.316 e. The van der Waals surface area contributed by atoms with Gasteiger partial charge in [-0.2, -0.15) is 0 Å². The maximum absolute atomic E-state index is 12.3. The fraction of sp³-hybridized carbons (Fsp3) is 0.227. The Morgan fingerprint density at radius 3 is 2.55 bits per heavy atom. The van der Waals surface area contributed by atoms with Gasteiger partial charge in [-0.15, -0.1) is 0 Å². The molecule has 0 spiro atoms. The van der Waals surface area contributed by atoms with Gasteiger partial charge in [-0.05, 0) is 24.6 Å². The second-order valence-electron chi connectivity index (χ2n) is 7.47. The molecule has 166 valence electrons. The highest BCUT2D eigenvalue weighted by Gasteiger charge is 2.33. The van der Waals surface area contributed by atoms with Crippen molar-refractivity contribution in [3.8, 4) is 28.8 Å². The summed E-state index contributed by atoms with van der Waals surface area (Å²) in [6.45, 7) is 0.708. The van der Waals surface area contributed by atoms with Gasteiger partial charge in [0.05, 0.1) is 42.3 Å². The van der Waals surface area contributed by atoms with Gasteiger partial charge in [0.15, 0.2) is 0 Å². The molecule has 1 atom stereocenters. The van der Waals surface area contributed by atoms with Crippen LogP contribution in [0.5, 0.6) is 6.01 Å². The highest BCUT2D eigenvalue weighted by atomic mass is 16.5. The summed E-state index contributed by atoms with van der Waals surface area (Å²) in [4.78, 5) is 35.5. The molecule has 0 bridgehead atoms. The summed E-state index contributed by atoms with van der Waals surface area (Å²) in [6, 6.07) is 9.38. The van der Waals surface area contributed by atoms with Crippen LogP contribution in [0.4, 0.5) is 11.6 Å². The molecule has 4 aromatic heterocycles. The number of amides is 1. The number of ether oxygens (including phenoxy) is 1. The lowest BCUT2D eigenvalue weighted by molar-refractivity contribution is -0.128. The van der Waals surface area contributed by atoms with Crippen molar-refractivity contribution in [2.24, 2.45) is 0 Å². The molecule has 0 aliphatic carbocycles. The topological polar surface area (TPSA) is 132 Å². The minimum atomic E-state index is -0.295. The summed E-state index contributed by atoms with van der Waals surface area (Å²) in [5.74, 6) is 0.683. The minimum absolute atomic E-state index is 0.0442. The van der Waals surface area contributed by atoms with E-state index in [1.807, 2.05) is 18.2 Å². The number of likely N-dealkylation sites (N-methyl/N-ethyl adjacent to an activating group) is 1. The molecule has 0 unspecified atom stereocenters. The zero-order chi connectivity index (χ0) is 22.8. The van der Waals surface area contributed by atoms with E-state index >= 15 is 0 Å². The van der Waals surface area contributed by atoms with Crippen molar-refractivity contribution in [3.63, 3.8) is 0 Å². The Hall–Kier alpha value is -4.41. The first-order chi connectivity index (χ1) is 16.1. The average Bonchev–Trinajstić information content (AvgIpc) is 3.47. The summed E-state index contributed by atoms with van der Waals surface area (Å²) in [7, 11) is 3.29. The van der Waals surface area contributed by atoms with Gasteiger partial charge in [-0.25, -0.2) is 24.9 Å². The molecule has 1 aliphatic rings. The molecule has 5 heterocycles. The van der Waals surface area contributed by atoms with Crippen LogP contribution in [0.3, 0.4) is 0 Å². The molecular formula is C22H20N8O3. The van der Waals surface area contributed by atoms with Gasteiger partial charge in [-0.3, -0.25) is 4.79 Å². The Morgan fingerprint density at radius 2 is 1.82 bits per heavy atom. The molecule has 0 saturated carbocycles. The molecule has 1 saturated heterocycles. The van der Waals surface area contributed by atoms with Crippen LogP contribution in [0.1, 0.15) is 18.1 Å². The van der Waals surface area contributed by atoms with Crippen LogP contribution in [-0.4, -0.2) is 61.6 Å². The number of nitrogens with one attached hydrogen (secondary N) is 1. The van der Waals surface area contributed by atoms with Crippen molar-refractivity contribution in [1.82, 2.24) is 35.0 Å². The van der Waals surface area contributed by atoms with Crippen LogP contribution in [0.25, 0.3) is 22.8 Å². The average molecular weight is 444 g/mol. The normalized spacial score (nSPS) is 15.6. The summed E-state index contributed by atoms with van der Waals surface area (Å²) in [6.07, 6.45) is 5.51. The van der Waals surface area contributed by atoms with Crippen LogP contribution < -0.4 is 10.1 Å². The summed E-state index contributed by atoms with van der Waals surface area (Å²) >= 11 is 0. The molecular weight excluding hydrogens is 424 g/mol. The maximum Gasteiger partial charge on any atom is 0.316 e. The molecule has 1 fully saturated rings. The first-order valence-corrected chi connectivity index (χ1v) is 10.3. The van der Waals surface area contributed by atoms with E-state index in [1.165, 1.54) is 7.11 Å². The highest BCUT2D eigenvalue weighted by Crippen LogP contribution is 2.30. The SMILES string of the molecule is COc1ncc(Nc2nccc(-c3cccc(-c4cc([C@@H]5CCN(C)C5=O)on4)n3)n2)cn1. The van der Waals surface area contributed by atoms with E-state index in [0.29, 0.717) is 53.1 Å². The highest BCUT2D eigenvalue weighted by molar-refractivity contribution is 5.85. The fourth-order valence-corrected chi connectivity index (χ4v) is 3.56. The van der Waals surface area contributed by atoms with Crippen molar-refractivity contribution in [2.75, 3.05) is 26.0 Å². The zero-order valence-corrected chi connectivity index (χ0v) is 18.0. The van der Waals surface area contributed by atoms with E-state index in [-0.39, 0.29) is 17.8 Å². The standard InChI is InChI=1S/C22H20N8O3/c1-30-9-7-14(20(30)31)19-10-18(29-33-19)16-5-3-4-15(27-16)17-6-8-23-21(28-17)26-13-11-24-22(32-2)25-12-13/h3-6,8,10-12,14H,7,9H2,1-2H3,(H,23,26,28)/t14-/m0/s1. The third-order valence-corrected chi connectivity index (χ3v) is 5.30. The molecule has 0 aromatic carbocycles. The lowest BCUT2D eigenvalue weighted by Gasteiger charge is -2.07. The molecule has 1 N–H and O–H groups in total. The van der Waals surface area contributed by atoms with Crippen molar-refractivity contribution >= 4 is 17.5 Å². The predicted molar refractivity (Wildman–Crippen MR) is 118 cm³/mol. The van der Waals surface area contributed by atoms with Gasteiger partial charge < -0.3 is 19.5 Å². The number of pyridine rings is 1. The number of likely N-dealkylation sites (tertiary alicyclic amines) is 1. The Morgan fingerprint density at radius 1 is 1.06 bits per heavy atom. The second kappa shape index (κ2) is 8.61. The second-order valence-corrected chi connectivity index (χ2v) is 7.47. The summed E-state index contributed by atoms with van der Waals surface area (Å²) in [5.41, 5.74) is 3.08. The van der Waals surface area contributed by atoms with E-state index in [2.05, 4.69) is 35.4 Å². The van der Waals surface area contributed by atoms with Crippen molar-refractivity contribution in [2.45, 2.75) is 12.3 Å². The first-order valence-electron chi connectivity index (χ1n) is 10.3. The largest absolute Gasteiger partial charge is 0.467 e. The summed E-state index contributed by atoms with van der Waals surface area (Å²) < 4.78 is 10.4. The van der Waals surface area contributed by atoms with Gasteiger partial charge in [0.25, 0.3) is 0 Å². The Kier molecular flexibility index (Phi) is 5.35. The number of carbonyl (C=O) groups excluding carboxylic acids is 1. The molecule has 11 nitrogen and oxygen atoms in total. The van der Waals surface area contributed by atoms with Crippen molar-refractivity contribution in [3.05, 3.63) is 54.7 Å². The van der Waals surface area contributed by atoms with Crippen LogP contribution in [0.2, 0.25) is 0 Å². The Labute approximate surface area is 188 Å². The number of rotatable bonds is 6. The van der Waals surface area contributed by atoms with E-state index < -0.39 is 0 Å². The third kappa shape index (κ3) is 4.20. The minimum Gasteiger partial charge on any atom is -0.467 e. The number of hydrogen-bond donors (Lipinski definition) is 1. The molecule has 33 heavy (non-hydrogen) atoms. The molecule has 4 aromatic rings. The van der Waals surface area contributed by atoms with E-state index in [0.717, 1.165) is 0 Å². The van der Waals surface area contributed by atoms with Gasteiger partial charge in [0.1, 0.15) is 17.4 Å². The third-order valence-electron chi connectivity index (χ3n) is 5.30. The zero-order valence-electron chi connectivity index (χ0n) is 18.0. The van der Waals surface area contributed by atoms with E-state index in [9.17, 15) is 4.79 Å². The molecule has 0 radical (unpaired) electrons. The monoisotopic (exact) mass is 444 g/mol. The number of anilines is 2. The number of aromatic nitrogens is 6. The Bertz CT molecular complexity index is 1290. The lowest BCUT2D eigenvalue weighted by Crippen LogP contribution is -2.21.